The monoisotopic (exact) mass is 282 g/mol. The van der Waals surface area contributed by atoms with Crippen LogP contribution in [0.25, 0.3) is 0 Å². The van der Waals surface area contributed by atoms with E-state index in [0.717, 1.165) is 38.0 Å². The molecular formula is C18H19FN2. The summed E-state index contributed by atoms with van der Waals surface area (Å²) >= 11 is 0. The van der Waals surface area contributed by atoms with Gasteiger partial charge in [-0.05, 0) is 41.7 Å². The predicted octanol–water partition coefficient (Wildman–Crippen LogP) is 3.42. The number of nitrogens with one attached hydrogen (secondary N) is 1. The van der Waals surface area contributed by atoms with Gasteiger partial charge in [-0.3, -0.25) is 0 Å². The normalized spacial score (nSPS) is 20.8. The van der Waals surface area contributed by atoms with Gasteiger partial charge in [0.05, 0.1) is 6.04 Å². The molecule has 2 nitrogen and oxygen atoms in total. The van der Waals surface area contributed by atoms with Crippen molar-refractivity contribution in [3.63, 3.8) is 0 Å². The average molecular weight is 282 g/mol. The van der Waals surface area contributed by atoms with E-state index in [-0.39, 0.29) is 5.82 Å². The topological polar surface area (TPSA) is 15.3 Å². The van der Waals surface area contributed by atoms with Crippen molar-refractivity contribution in [2.24, 2.45) is 0 Å². The second kappa shape index (κ2) is 5.15. The van der Waals surface area contributed by atoms with Gasteiger partial charge in [-0.15, -0.1) is 0 Å². The Balaban J connectivity index is 1.77. The molecule has 1 unspecified atom stereocenters. The van der Waals surface area contributed by atoms with E-state index in [1.807, 2.05) is 6.07 Å². The van der Waals surface area contributed by atoms with Gasteiger partial charge in [-0.1, -0.05) is 30.3 Å². The van der Waals surface area contributed by atoms with E-state index in [9.17, 15) is 4.39 Å². The summed E-state index contributed by atoms with van der Waals surface area (Å²) in [6.07, 6.45) is 1.85. The highest BCUT2D eigenvalue weighted by molar-refractivity contribution is 5.57. The molecule has 1 N–H and O–H groups in total. The molecule has 1 aliphatic carbocycles. The number of hydrogen-bond donors (Lipinski definition) is 1. The predicted molar refractivity (Wildman–Crippen MR) is 83.0 cm³/mol. The molecule has 2 aromatic rings. The number of anilines is 1. The highest BCUT2D eigenvalue weighted by Crippen LogP contribution is 2.40. The highest BCUT2D eigenvalue weighted by Gasteiger charge is 2.31. The SMILES string of the molecule is Fc1cccc2c1CCC2N1CCNCc2ccccc21. The van der Waals surface area contributed by atoms with Crippen LogP contribution in [0.15, 0.2) is 42.5 Å². The molecule has 0 spiro atoms. The summed E-state index contributed by atoms with van der Waals surface area (Å²) in [5.41, 5.74) is 4.72. The number of rotatable bonds is 1. The molecule has 0 bridgehead atoms. The second-order valence-corrected chi connectivity index (χ2v) is 5.86. The van der Waals surface area contributed by atoms with Gasteiger partial charge in [0, 0.05) is 25.3 Å². The molecule has 2 aliphatic rings. The lowest BCUT2D eigenvalue weighted by atomic mass is 10.0. The van der Waals surface area contributed by atoms with Crippen LogP contribution in [0.2, 0.25) is 0 Å². The maximum atomic E-state index is 14.0. The van der Waals surface area contributed by atoms with Crippen LogP contribution in [0, 0.1) is 5.82 Å². The molecule has 21 heavy (non-hydrogen) atoms. The molecule has 0 amide bonds. The van der Waals surface area contributed by atoms with Gasteiger partial charge >= 0.3 is 0 Å². The molecular weight excluding hydrogens is 263 g/mol. The third-order valence-corrected chi connectivity index (χ3v) is 4.70. The zero-order valence-electron chi connectivity index (χ0n) is 12.0. The van der Waals surface area contributed by atoms with Gasteiger partial charge < -0.3 is 10.2 Å². The number of para-hydroxylation sites is 1. The van der Waals surface area contributed by atoms with Gasteiger partial charge in [-0.2, -0.15) is 0 Å². The molecule has 4 rings (SSSR count). The summed E-state index contributed by atoms with van der Waals surface area (Å²) in [5.74, 6) is -0.0452. The standard InChI is InChI=1S/C18H19FN2/c19-16-6-3-5-15-14(16)8-9-18(15)21-11-10-20-12-13-4-1-2-7-17(13)21/h1-7,18,20H,8-12H2. The maximum absolute atomic E-state index is 14.0. The average Bonchev–Trinajstić information content (AvgIpc) is 2.82. The van der Waals surface area contributed by atoms with Gasteiger partial charge in [0.2, 0.25) is 0 Å². The molecule has 108 valence electrons. The minimum atomic E-state index is -0.0452. The van der Waals surface area contributed by atoms with Gasteiger partial charge in [0.1, 0.15) is 5.82 Å². The van der Waals surface area contributed by atoms with E-state index < -0.39 is 0 Å². The molecule has 0 fully saturated rings. The zero-order valence-corrected chi connectivity index (χ0v) is 12.0. The van der Waals surface area contributed by atoms with Crippen LogP contribution in [0.4, 0.5) is 10.1 Å². The van der Waals surface area contributed by atoms with E-state index in [2.05, 4.69) is 40.5 Å². The number of hydrogen-bond acceptors (Lipinski definition) is 2. The van der Waals surface area contributed by atoms with Crippen molar-refractivity contribution in [1.82, 2.24) is 5.32 Å². The Bertz CT molecular complexity index is 668. The molecule has 1 heterocycles. The lowest BCUT2D eigenvalue weighted by molar-refractivity contribution is 0.599. The van der Waals surface area contributed by atoms with Gasteiger partial charge in [-0.25, -0.2) is 4.39 Å². The lowest BCUT2D eigenvalue weighted by Gasteiger charge is -2.31. The van der Waals surface area contributed by atoms with E-state index >= 15 is 0 Å². The molecule has 1 atom stereocenters. The van der Waals surface area contributed by atoms with Crippen LogP contribution in [0.3, 0.4) is 0 Å². The van der Waals surface area contributed by atoms with E-state index in [1.165, 1.54) is 16.8 Å². The molecule has 0 saturated heterocycles. The van der Waals surface area contributed by atoms with Crippen LogP contribution in [0.5, 0.6) is 0 Å². The third kappa shape index (κ3) is 2.12. The Labute approximate surface area is 124 Å². The van der Waals surface area contributed by atoms with Crippen LogP contribution in [-0.2, 0) is 13.0 Å². The fraction of sp³-hybridized carbons (Fsp3) is 0.333. The first kappa shape index (κ1) is 12.8. The van der Waals surface area contributed by atoms with Crippen molar-refractivity contribution in [2.45, 2.75) is 25.4 Å². The van der Waals surface area contributed by atoms with Crippen molar-refractivity contribution >= 4 is 5.69 Å². The smallest absolute Gasteiger partial charge is 0.126 e. The van der Waals surface area contributed by atoms with Crippen LogP contribution < -0.4 is 10.2 Å². The Morgan fingerprint density at radius 3 is 2.95 bits per heavy atom. The quantitative estimate of drug-likeness (QED) is 0.862. The summed E-state index contributed by atoms with van der Waals surface area (Å²) in [6, 6.07) is 14.4. The Hall–Kier alpha value is -1.87. The summed E-state index contributed by atoms with van der Waals surface area (Å²) in [4.78, 5) is 2.46. The van der Waals surface area contributed by atoms with Crippen LogP contribution in [-0.4, -0.2) is 13.1 Å². The van der Waals surface area contributed by atoms with Crippen molar-refractivity contribution in [3.05, 3.63) is 65.0 Å². The highest BCUT2D eigenvalue weighted by atomic mass is 19.1. The largest absolute Gasteiger partial charge is 0.363 e. The number of halogens is 1. The first-order valence-electron chi connectivity index (χ1n) is 7.67. The molecule has 3 heteroatoms. The number of benzene rings is 2. The maximum Gasteiger partial charge on any atom is 0.126 e. The second-order valence-electron chi connectivity index (χ2n) is 5.86. The van der Waals surface area contributed by atoms with Crippen molar-refractivity contribution < 1.29 is 4.39 Å². The van der Waals surface area contributed by atoms with Crippen molar-refractivity contribution in [1.29, 1.82) is 0 Å². The van der Waals surface area contributed by atoms with Gasteiger partial charge in [0.15, 0.2) is 0 Å². The van der Waals surface area contributed by atoms with E-state index in [0.29, 0.717) is 6.04 Å². The summed E-state index contributed by atoms with van der Waals surface area (Å²) in [6.45, 7) is 2.85. The molecule has 1 aliphatic heterocycles. The molecule has 0 aromatic heterocycles. The minimum Gasteiger partial charge on any atom is -0.363 e. The van der Waals surface area contributed by atoms with E-state index in [1.54, 1.807) is 6.07 Å². The first-order chi connectivity index (χ1) is 10.3. The minimum absolute atomic E-state index is 0.0452. The Kier molecular flexibility index (Phi) is 3.15. The molecule has 0 saturated carbocycles. The fourth-order valence-electron chi connectivity index (χ4n) is 3.72. The Morgan fingerprint density at radius 1 is 1.10 bits per heavy atom. The van der Waals surface area contributed by atoms with Crippen molar-refractivity contribution in [3.8, 4) is 0 Å². The summed E-state index contributed by atoms with van der Waals surface area (Å²) in [7, 11) is 0. The number of fused-ring (bicyclic) bond motifs is 2. The molecule has 2 aromatic carbocycles. The van der Waals surface area contributed by atoms with Crippen LogP contribution >= 0.6 is 0 Å². The lowest BCUT2D eigenvalue weighted by Crippen LogP contribution is -2.31. The summed E-state index contributed by atoms with van der Waals surface area (Å²) < 4.78 is 14.0. The fourth-order valence-corrected chi connectivity index (χ4v) is 3.72. The molecule has 0 radical (unpaired) electrons. The van der Waals surface area contributed by atoms with E-state index in [4.69, 9.17) is 0 Å². The van der Waals surface area contributed by atoms with Crippen molar-refractivity contribution in [2.75, 3.05) is 18.0 Å². The van der Waals surface area contributed by atoms with Crippen LogP contribution in [0.1, 0.15) is 29.2 Å². The Morgan fingerprint density at radius 2 is 2.00 bits per heavy atom. The van der Waals surface area contributed by atoms with Gasteiger partial charge in [0.25, 0.3) is 0 Å². The zero-order chi connectivity index (χ0) is 14.2. The first-order valence-corrected chi connectivity index (χ1v) is 7.67. The third-order valence-electron chi connectivity index (χ3n) is 4.70. The summed E-state index contributed by atoms with van der Waals surface area (Å²) in [5, 5.41) is 3.48. The number of nitrogens with zero attached hydrogens (tertiary/aromatic N) is 1.